The molecule has 1 aliphatic heterocycles. The van der Waals surface area contributed by atoms with E-state index in [1.165, 1.54) is 11.3 Å². The van der Waals surface area contributed by atoms with Crippen molar-refractivity contribution < 1.29 is 8.42 Å². The molecule has 4 nitrogen and oxygen atoms in total. The second-order valence-corrected chi connectivity index (χ2v) is 7.87. The van der Waals surface area contributed by atoms with Crippen molar-refractivity contribution >= 4 is 33.8 Å². The number of sulfonamides is 1. The van der Waals surface area contributed by atoms with Gasteiger partial charge >= 0.3 is 0 Å². The van der Waals surface area contributed by atoms with Crippen molar-refractivity contribution in [3.05, 3.63) is 17.0 Å². The van der Waals surface area contributed by atoms with Crippen LogP contribution in [-0.4, -0.2) is 38.9 Å². The standard InChI is InChI=1S/C12H20N2O2S2.ClH/c1-3-11-4-5-12(17-11)18(15,16)14-8-6-10(13-2)7-9-14;/h4-5,10,13H,3,6-9H2,1-2H3;1H. The Balaban J connectivity index is 0.00000180. The fraction of sp³-hybridized carbons (Fsp3) is 0.667. The maximum absolute atomic E-state index is 12.4. The molecule has 7 heteroatoms. The molecule has 0 atom stereocenters. The van der Waals surface area contributed by atoms with E-state index in [9.17, 15) is 8.42 Å². The highest BCUT2D eigenvalue weighted by molar-refractivity contribution is 7.91. The molecule has 0 saturated carbocycles. The monoisotopic (exact) mass is 324 g/mol. The third kappa shape index (κ3) is 3.70. The lowest BCUT2D eigenvalue weighted by Crippen LogP contribution is -2.43. The molecule has 1 aliphatic rings. The van der Waals surface area contributed by atoms with Crippen LogP contribution in [0.2, 0.25) is 0 Å². The molecule has 1 fully saturated rings. The average Bonchev–Trinajstić information content (AvgIpc) is 2.88. The third-order valence-corrected chi connectivity index (χ3v) is 7.04. The molecule has 0 aromatic carbocycles. The summed E-state index contributed by atoms with van der Waals surface area (Å²) in [5.74, 6) is 0. The highest BCUT2D eigenvalue weighted by Gasteiger charge is 2.29. The fourth-order valence-electron chi connectivity index (χ4n) is 2.20. The Morgan fingerprint density at radius 2 is 2.00 bits per heavy atom. The molecule has 0 spiro atoms. The minimum absolute atomic E-state index is 0. The number of hydrogen-bond donors (Lipinski definition) is 1. The zero-order valence-electron chi connectivity index (χ0n) is 11.3. The first-order chi connectivity index (χ1) is 8.57. The van der Waals surface area contributed by atoms with E-state index in [-0.39, 0.29) is 12.4 Å². The van der Waals surface area contributed by atoms with Crippen LogP contribution in [0.15, 0.2) is 16.3 Å². The van der Waals surface area contributed by atoms with E-state index in [2.05, 4.69) is 5.32 Å². The van der Waals surface area contributed by atoms with Gasteiger partial charge in [0.05, 0.1) is 0 Å². The van der Waals surface area contributed by atoms with Gasteiger partial charge in [0.15, 0.2) is 0 Å². The molecule has 2 heterocycles. The van der Waals surface area contributed by atoms with Crippen LogP contribution in [0.3, 0.4) is 0 Å². The van der Waals surface area contributed by atoms with Crippen molar-refractivity contribution in [2.45, 2.75) is 36.4 Å². The van der Waals surface area contributed by atoms with Crippen molar-refractivity contribution in [1.29, 1.82) is 0 Å². The van der Waals surface area contributed by atoms with Crippen LogP contribution < -0.4 is 5.32 Å². The minimum atomic E-state index is -3.26. The van der Waals surface area contributed by atoms with E-state index < -0.39 is 10.0 Å². The van der Waals surface area contributed by atoms with Gasteiger partial charge in [-0.15, -0.1) is 23.7 Å². The Hall–Kier alpha value is -0.140. The van der Waals surface area contributed by atoms with Crippen molar-refractivity contribution in [3.8, 4) is 0 Å². The molecule has 1 saturated heterocycles. The summed E-state index contributed by atoms with van der Waals surface area (Å²) < 4.78 is 27.0. The highest BCUT2D eigenvalue weighted by Crippen LogP contribution is 2.27. The van der Waals surface area contributed by atoms with Gasteiger partial charge in [0.2, 0.25) is 0 Å². The smallest absolute Gasteiger partial charge is 0.252 e. The first-order valence-electron chi connectivity index (χ1n) is 6.34. The summed E-state index contributed by atoms with van der Waals surface area (Å²) in [6.45, 7) is 3.28. The molecule has 2 rings (SSSR count). The van der Waals surface area contributed by atoms with Crippen LogP contribution in [0.25, 0.3) is 0 Å². The minimum Gasteiger partial charge on any atom is -0.317 e. The number of rotatable bonds is 4. The SMILES string of the molecule is CCc1ccc(S(=O)(=O)N2CCC(NC)CC2)s1.Cl. The van der Waals surface area contributed by atoms with Crippen molar-refractivity contribution in [3.63, 3.8) is 0 Å². The number of hydrogen-bond acceptors (Lipinski definition) is 4. The van der Waals surface area contributed by atoms with E-state index in [1.807, 2.05) is 20.0 Å². The predicted molar refractivity (Wildman–Crippen MR) is 81.8 cm³/mol. The van der Waals surface area contributed by atoms with Crippen molar-refractivity contribution in [2.24, 2.45) is 0 Å². The van der Waals surface area contributed by atoms with Crippen molar-refractivity contribution in [1.82, 2.24) is 9.62 Å². The zero-order chi connectivity index (χ0) is 13.2. The fourth-order valence-corrected chi connectivity index (χ4v) is 5.12. The number of thiophene rings is 1. The van der Waals surface area contributed by atoms with Gasteiger partial charge in [-0.2, -0.15) is 4.31 Å². The van der Waals surface area contributed by atoms with E-state index >= 15 is 0 Å². The molecule has 110 valence electrons. The molecule has 0 amide bonds. The second kappa shape index (κ2) is 7.04. The van der Waals surface area contributed by atoms with Crippen LogP contribution in [0, 0.1) is 0 Å². The molecular weight excluding hydrogens is 304 g/mol. The van der Waals surface area contributed by atoms with Gasteiger partial charge in [0.25, 0.3) is 10.0 Å². The largest absolute Gasteiger partial charge is 0.317 e. The summed E-state index contributed by atoms with van der Waals surface area (Å²) in [7, 11) is -1.33. The Bertz CT molecular complexity index is 494. The van der Waals surface area contributed by atoms with E-state index in [4.69, 9.17) is 0 Å². The summed E-state index contributed by atoms with van der Waals surface area (Å²) in [4.78, 5) is 1.12. The number of nitrogens with zero attached hydrogens (tertiary/aromatic N) is 1. The lowest BCUT2D eigenvalue weighted by atomic mass is 10.1. The number of nitrogens with one attached hydrogen (secondary N) is 1. The first kappa shape index (κ1) is 16.9. The summed E-state index contributed by atoms with van der Waals surface area (Å²) in [6, 6.07) is 4.10. The van der Waals surface area contributed by atoms with Gasteiger partial charge in [-0.25, -0.2) is 8.42 Å². The second-order valence-electron chi connectivity index (χ2n) is 4.54. The summed E-state index contributed by atoms with van der Waals surface area (Å²) in [5.41, 5.74) is 0. The topological polar surface area (TPSA) is 49.4 Å². The van der Waals surface area contributed by atoms with Gasteiger partial charge in [0.1, 0.15) is 4.21 Å². The molecule has 0 radical (unpaired) electrons. The number of piperidine rings is 1. The Kier molecular flexibility index (Phi) is 6.26. The van der Waals surface area contributed by atoms with Crippen molar-refractivity contribution in [2.75, 3.05) is 20.1 Å². The Morgan fingerprint density at radius 1 is 1.37 bits per heavy atom. The van der Waals surface area contributed by atoms with Gasteiger partial charge in [-0.1, -0.05) is 6.92 Å². The predicted octanol–water partition coefficient (Wildman–Crippen LogP) is 2.10. The highest BCUT2D eigenvalue weighted by atomic mass is 35.5. The van der Waals surface area contributed by atoms with Gasteiger partial charge in [-0.3, -0.25) is 0 Å². The molecule has 1 aromatic heterocycles. The molecule has 0 aliphatic carbocycles. The van der Waals surface area contributed by atoms with Gasteiger partial charge in [-0.05, 0) is 38.4 Å². The summed E-state index contributed by atoms with van der Waals surface area (Å²) >= 11 is 1.39. The zero-order valence-corrected chi connectivity index (χ0v) is 13.7. The van der Waals surface area contributed by atoms with Crippen LogP contribution in [0.4, 0.5) is 0 Å². The quantitative estimate of drug-likeness (QED) is 0.922. The number of halogens is 1. The Morgan fingerprint density at radius 3 is 2.47 bits per heavy atom. The summed E-state index contributed by atoms with van der Waals surface area (Å²) in [6.07, 6.45) is 2.67. The van der Waals surface area contributed by atoms with Crippen LogP contribution >= 0.6 is 23.7 Å². The van der Waals surface area contributed by atoms with Gasteiger partial charge in [0, 0.05) is 24.0 Å². The third-order valence-electron chi connectivity index (χ3n) is 3.44. The Labute approximate surface area is 125 Å². The molecular formula is C12H21ClN2O2S2. The summed E-state index contributed by atoms with van der Waals surface area (Å²) in [5, 5.41) is 3.21. The maximum Gasteiger partial charge on any atom is 0.252 e. The van der Waals surface area contributed by atoms with E-state index in [0.717, 1.165) is 24.1 Å². The molecule has 1 aromatic rings. The molecule has 1 N–H and O–H groups in total. The average molecular weight is 325 g/mol. The molecule has 0 bridgehead atoms. The van der Waals surface area contributed by atoms with E-state index in [1.54, 1.807) is 10.4 Å². The molecule has 19 heavy (non-hydrogen) atoms. The number of aryl methyl sites for hydroxylation is 1. The van der Waals surface area contributed by atoms with Gasteiger partial charge < -0.3 is 5.32 Å². The van der Waals surface area contributed by atoms with Crippen LogP contribution in [0.5, 0.6) is 0 Å². The molecule has 0 unspecified atom stereocenters. The lowest BCUT2D eigenvalue weighted by molar-refractivity contribution is 0.299. The lowest BCUT2D eigenvalue weighted by Gasteiger charge is -2.30. The first-order valence-corrected chi connectivity index (χ1v) is 8.59. The van der Waals surface area contributed by atoms with Crippen LogP contribution in [-0.2, 0) is 16.4 Å². The normalized spacial score (nSPS) is 18.2. The maximum atomic E-state index is 12.4. The van der Waals surface area contributed by atoms with Crippen LogP contribution in [0.1, 0.15) is 24.6 Å². The van der Waals surface area contributed by atoms with E-state index in [0.29, 0.717) is 23.3 Å².